The number of carbonyl (C=O) groups is 1. The van der Waals surface area contributed by atoms with Gasteiger partial charge in [-0.3, -0.25) is 9.78 Å². The Morgan fingerprint density at radius 2 is 2.04 bits per heavy atom. The van der Waals surface area contributed by atoms with Crippen molar-refractivity contribution in [1.29, 1.82) is 0 Å². The van der Waals surface area contributed by atoms with Crippen molar-refractivity contribution in [2.75, 3.05) is 31.1 Å². The van der Waals surface area contributed by atoms with E-state index >= 15 is 0 Å². The minimum absolute atomic E-state index is 0.0132. The van der Waals surface area contributed by atoms with Crippen molar-refractivity contribution in [3.05, 3.63) is 42.1 Å². The van der Waals surface area contributed by atoms with E-state index in [0.717, 1.165) is 57.0 Å². The zero-order valence-electron chi connectivity index (χ0n) is 14.4. The van der Waals surface area contributed by atoms with Crippen LogP contribution in [-0.2, 0) is 0 Å². The standard InChI is InChI=1S/C18H22N6O/c1-14-3-4-16(22-21-14)23-10-6-18(12-23)5-2-9-24(13-18)17(25)15-11-19-7-8-20-15/h3-4,7-8,11H,2,5-6,9-10,12-13H2,1H3. The highest BCUT2D eigenvalue weighted by atomic mass is 16.2. The van der Waals surface area contributed by atoms with Crippen LogP contribution in [0.5, 0.6) is 0 Å². The van der Waals surface area contributed by atoms with Crippen molar-refractivity contribution in [2.45, 2.75) is 26.2 Å². The smallest absolute Gasteiger partial charge is 0.274 e. The van der Waals surface area contributed by atoms with Crippen LogP contribution in [0.3, 0.4) is 0 Å². The van der Waals surface area contributed by atoms with Gasteiger partial charge in [0.1, 0.15) is 5.69 Å². The summed E-state index contributed by atoms with van der Waals surface area (Å²) < 4.78 is 0. The summed E-state index contributed by atoms with van der Waals surface area (Å²) in [6, 6.07) is 4.03. The average Bonchev–Trinajstić information content (AvgIpc) is 3.05. The number of likely N-dealkylation sites (tertiary alicyclic amines) is 1. The lowest BCUT2D eigenvalue weighted by atomic mass is 9.79. The molecule has 0 bridgehead atoms. The van der Waals surface area contributed by atoms with Gasteiger partial charge in [0.15, 0.2) is 5.82 Å². The molecule has 0 N–H and O–H groups in total. The number of nitrogens with zero attached hydrogens (tertiary/aromatic N) is 6. The minimum atomic E-state index is -0.0132. The molecule has 2 aromatic heterocycles. The van der Waals surface area contributed by atoms with E-state index in [1.807, 2.05) is 24.0 Å². The Kier molecular flexibility index (Phi) is 4.07. The van der Waals surface area contributed by atoms with Crippen LogP contribution in [0.4, 0.5) is 5.82 Å². The molecule has 2 aromatic rings. The molecule has 0 saturated carbocycles. The monoisotopic (exact) mass is 338 g/mol. The Balaban J connectivity index is 1.47. The molecule has 1 spiro atoms. The zero-order chi connectivity index (χ0) is 17.3. The molecule has 0 aromatic carbocycles. The number of rotatable bonds is 2. The summed E-state index contributed by atoms with van der Waals surface area (Å²) in [5.41, 5.74) is 1.50. The van der Waals surface area contributed by atoms with Gasteiger partial charge in [-0.05, 0) is 38.3 Å². The summed E-state index contributed by atoms with van der Waals surface area (Å²) in [5.74, 6) is 0.917. The molecule has 0 radical (unpaired) electrons. The van der Waals surface area contributed by atoms with Gasteiger partial charge in [0, 0.05) is 44.0 Å². The lowest BCUT2D eigenvalue weighted by molar-refractivity contribution is 0.0550. The van der Waals surface area contributed by atoms with Gasteiger partial charge in [-0.15, -0.1) is 5.10 Å². The molecule has 2 fully saturated rings. The molecule has 1 atom stereocenters. The Morgan fingerprint density at radius 3 is 2.80 bits per heavy atom. The van der Waals surface area contributed by atoms with Crippen LogP contribution in [0.15, 0.2) is 30.7 Å². The number of hydrogen-bond acceptors (Lipinski definition) is 6. The van der Waals surface area contributed by atoms with E-state index in [1.54, 1.807) is 18.6 Å². The average molecular weight is 338 g/mol. The number of carbonyl (C=O) groups excluding carboxylic acids is 1. The number of aromatic nitrogens is 4. The van der Waals surface area contributed by atoms with Crippen molar-refractivity contribution in [3.63, 3.8) is 0 Å². The van der Waals surface area contributed by atoms with Gasteiger partial charge >= 0.3 is 0 Å². The first-order valence-corrected chi connectivity index (χ1v) is 8.76. The van der Waals surface area contributed by atoms with Crippen LogP contribution < -0.4 is 4.90 Å². The van der Waals surface area contributed by atoms with E-state index in [4.69, 9.17) is 0 Å². The van der Waals surface area contributed by atoms with Gasteiger partial charge in [0.2, 0.25) is 0 Å². The summed E-state index contributed by atoms with van der Waals surface area (Å²) in [6.07, 6.45) is 7.96. The Labute approximate surface area is 147 Å². The Hall–Kier alpha value is -2.57. The van der Waals surface area contributed by atoms with Crippen molar-refractivity contribution < 1.29 is 4.79 Å². The second-order valence-electron chi connectivity index (χ2n) is 7.13. The molecule has 1 amide bonds. The Bertz CT molecular complexity index is 750. The van der Waals surface area contributed by atoms with Gasteiger partial charge in [-0.2, -0.15) is 5.10 Å². The summed E-state index contributed by atoms with van der Waals surface area (Å²) in [4.78, 5) is 25.1. The number of piperidine rings is 1. The summed E-state index contributed by atoms with van der Waals surface area (Å²) in [6.45, 7) is 5.40. The first kappa shape index (κ1) is 15.9. The van der Waals surface area contributed by atoms with Crippen LogP contribution in [-0.4, -0.2) is 57.2 Å². The quantitative estimate of drug-likeness (QED) is 0.830. The predicted octanol–water partition coefficient (Wildman–Crippen LogP) is 1.71. The van der Waals surface area contributed by atoms with Gasteiger partial charge in [-0.25, -0.2) is 4.98 Å². The van der Waals surface area contributed by atoms with E-state index in [1.165, 1.54) is 0 Å². The summed E-state index contributed by atoms with van der Waals surface area (Å²) in [7, 11) is 0. The van der Waals surface area contributed by atoms with Gasteiger partial charge in [-0.1, -0.05) is 0 Å². The second-order valence-corrected chi connectivity index (χ2v) is 7.13. The molecule has 4 heterocycles. The highest BCUT2D eigenvalue weighted by molar-refractivity contribution is 5.92. The number of amides is 1. The summed E-state index contributed by atoms with van der Waals surface area (Å²) >= 11 is 0. The molecule has 2 saturated heterocycles. The first-order valence-electron chi connectivity index (χ1n) is 8.76. The molecule has 1 unspecified atom stereocenters. The molecule has 0 aliphatic carbocycles. The fraction of sp³-hybridized carbons (Fsp3) is 0.500. The Morgan fingerprint density at radius 1 is 1.12 bits per heavy atom. The predicted molar refractivity (Wildman–Crippen MR) is 93.2 cm³/mol. The first-order chi connectivity index (χ1) is 12.2. The van der Waals surface area contributed by atoms with Crippen LogP contribution in [0.1, 0.15) is 35.4 Å². The highest BCUT2D eigenvalue weighted by Crippen LogP contribution is 2.40. The topological polar surface area (TPSA) is 75.1 Å². The van der Waals surface area contributed by atoms with Gasteiger partial charge in [0.25, 0.3) is 5.91 Å². The third-order valence-electron chi connectivity index (χ3n) is 5.28. The normalized spacial score (nSPS) is 23.2. The molecule has 4 rings (SSSR count). The van der Waals surface area contributed by atoms with Crippen LogP contribution >= 0.6 is 0 Å². The maximum Gasteiger partial charge on any atom is 0.274 e. The second kappa shape index (κ2) is 6.38. The summed E-state index contributed by atoms with van der Waals surface area (Å²) in [5, 5.41) is 8.49. The largest absolute Gasteiger partial charge is 0.354 e. The van der Waals surface area contributed by atoms with Gasteiger partial charge < -0.3 is 9.80 Å². The maximum atomic E-state index is 12.7. The number of hydrogen-bond donors (Lipinski definition) is 0. The SMILES string of the molecule is Cc1ccc(N2CCC3(CCCN(C(=O)c4cnccn4)C3)C2)nn1. The minimum Gasteiger partial charge on any atom is -0.354 e. The van der Waals surface area contributed by atoms with Crippen molar-refractivity contribution in [3.8, 4) is 0 Å². The fourth-order valence-corrected chi connectivity index (χ4v) is 3.98. The third kappa shape index (κ3) is 3.18. The van der Waals surface area contributed by atoms with Crippen LogP contribution in [0, 0.1) is 12.3 Å². The molecule has 25 heavy (non-hydrogen) atoms. The molecular formula is C18H22N6O. The van der Waals surface area contributed by atoms with Crippen LogP contribution in [0.2, 0.25) is 0 Å². The van der Waals surface area contributed by atoms with Gasteiger partial charge in [0.05, 0.1) is 11.9 Å². The van der Waals surface area contributed by atoms with Crippen LogP contribution in [0.25, 0.3) is 0 Å². The molecular weight excluding hydrogens is 316 g/mol. The van der Waals surface area contributed by atoms with E-state index in [9.17, 15) is 4.79 Å². The molecule has 2 aliphatic rings. The third-order valence-corrected chi connectivity index (χ3v) is 5.28. The molecule has 7 nitrogen and oxygen atoms in total. The van der Waals surface area contributed by atoms with E-state index in [0.29, 0.717) is 5.69 Å². The highest BCUT2D eigenvalue weighted by Gasteiger charge is 2.43. The fourth-order valence-electron chi connectivity index (χ4n) is 3.98. The van der Waals surface area contributed by atoms with E-state index in [2.05, 4.69) is 25.1 Å². The lowest BCUT2D eigenvalue weighted by Crippen LogP contribution is -2.47. The van der Waals surface area contributed by atoms with Crippen molar-refractivity contribution in [1.82, 2.24) is 25.1 Å². The number of aryl methyl sites for hydroxylation is 1. The van der Waals surface area contributed by atoms with E-state index in [-0.39, 0.29) is 11.3 Å². The molecule has 2 aliphatic heterocycles. The van der Waals surface area contributed by atoms with Crippen molar-refractivity contribution in [2.24, 2.45) is 5.41 Å². The van der Waals surface area contributed by atoms with E-state index < -0.39 is 0 Å². The maximum absolute atomic E-state index is 12.7. The van der Waals surface area contributed by atoms with Crippen molar-refractivity contribution >= 4 is 11.7 Å². The zero-order valence-corrected chi connectivity index (χ0v) is 14.4. The molecule has 7 heteroatoms. The molecule has 130 valence electrons. The lowest BCUT2D eigenvalue weighted by Gasteiger charge is -2.40. The number of anilines is 1.